The van der Waals surface area contributed by atoms with Gasteiger partial charge in [-0.3, -0.25) is 4.79 Å². The van der Waals surface area contributed by atoms with Crippen molar-refractivity contribution in [2.75, 3.05) is 6.61 Å². The van der Waals surface area contributed by atoms with Crippen molar-refractivity contribution in [2.24, 2.45) is 0 Å². The highest BCUT2D eigenvalue weighted by Crippen LogP contribution is 2.20. The molecular formula is C19H22ClNO3. The van der Waals surface area contributed by atoms with E-state index >= 15 is 0 Å². The Morgan fingerprint density at radius 1 is 1.21 bits per heavy atom. The second-order valence-corrected chi connectivity index (χ2v) is 6.09. The van der Waals surface area contributed by atoms with Crippen molar-refractivity contribution in [1.29, 1.82) is 0 Å². The molecule has 1 atom stereocenters. The second kappa shape index (κ2) is 9.30. The van der Waals surface area contributed by atoms with Gasteiger partial charge in [0, 0.05) is 17.7 Å². The molecule has 2 aromatic rings. The van der Waals surface area contributed by atoms with Crippen LogP contribution >= 0.6 is 11.6 Å². The van der Waals surface area contributed by atoms with Gasteiger partial charge in [-0.05, 0) is 49.6 Å². The van der Waals surface area contributed by atoms with Crippen LogP contribution in [0.1, 0.15) is 35.7 Å². The molecule has 5 heteroatoms. The molecule has 1 unspecified atom stereocenters. The number of carbonyl (C=O) groups is 1. The van der Waals surface area contributed by atoms with Gasteiger partial charge >= 0.3 is 0 Å². The number of halogens is 1. The fourth-order valence-corrected chi connectivity index (χ4v) is 2.42. The van der Waals surface area contributed by atoms with Gasteiger partial charge in [0.25, 0.3) is 5.91 Å². The van der Waals surface area contributed by atoms with Gasteiger partial charge in [0.15, 0.2) is 0 Å². The Kier molecular flexibility index (Phi) is 7.09. The first-order valence-corrected chi connectivity index (χ1v) is 8.36. The highest BCUT2D eigenvalue weighted by Gasteiger charge is 2.14. The average Bonchev–Trinajstić information content (AvgIpc) is 2.59. The standard InChI is InChI=1S/C19H22ClNO3/c1-14(5-4-12-22)21-19(23)17-6-2-3-7-18(17)24-13-15-8-10-16(20)11-9-15/h2-3,6-11,14,22H,4-5,12-13H2,1H3,(H,21,23). The molecule has 0 aliphatic carbocycles. The summed E-state index contributed by atoms with van der Waals surface area (Å²) in [6, 6.07) is 14.6. The first kappa shape index (κ1) is 18.3. The van der Waals surface area contributed by atoms with Crippen LogP contribution in [0.15, 0.2) is 48.5 Å². The van der Waals surface area contributed by atoms with E-state index in [0.29, 0.717) is 29.4 Å². The van der Waals surface area contributed by atoms with Crippen LogP contribution in [-0.2, 0) is 6.61 Å². The molecule has 0 aliphatic rings. The smallest absolute Gasteiger partial charge is 0.255 e. The van der Waals surface area contributed by atoms with Crippen molar-refractivity contribution < 1.29 is 14.6 Å². The van der Waals surface area contributed by atoms with E-state index in [2.05, 4.69) is 5.32 Å². The molecule has 0 aliphatic heterocycles. The van der Waals surface area contributed by atoms with E-state index in [1.165, 1.54) is 0 Å². The zero-order valence-electron chi connectivity index (χ0n) is 13.7. The summed E-state index contributed by atoms with van der Waals surface area (Å²) in [6.07, 6.45) is 1.40. The van der Waals surface area contributed by atoms with Gasteiger partial charge in [-0.15, -0.1) is 0 Å². The molecule has 0 radical (unpaired) electrons. The van der Waals surface area contributed by atoms with Gasteiger partial charge in [-0.25, -0.2) is 0 Å². The third-order valence-electron chi connectivity index (χ3n) is 3.61. The number of amides is 1. The Morgan fingerprint density at radius 2 is 1.92 bits per heavy atom. The van der Waals surface area contributed by atoms with E-state index in [0.717, 1.165) is 12.0 Å². The number of hydrogen-bond donors (Lipinski definition) is 2. The maximum absolute atomic E-state index is 12.4. The van der Waals surface area contributed by atoms with Gasteiger partial charge in [-0.1, -0.05) is 35.9 Å². The number of para-hydroxylation sites is 1. The van der Waals surface area contributed by atoms with Crippen LogP contribution in [-0.4, -0.2) is 23.7 Å². The van der Waals surface area contributed by atoms with Crippen LogP contribution in [0, 0.1) is 0 Å². The summed E-state index contributed by atoms with van der Waals surface area (Å²) in [7, 11) is 0. The summed E-state index contributed by atoms with van der Waals surface area (Å²) in [4.78, 5) is 12.4. The molecular weight excluding hydrogens is 326 g/mol. The molecule has 0 spiro atoms. The maximum atomic E-state index is 12.4. The Labute approximate surface area is 147 Å². The molecule has 2 aromatic carbocycles. The summed E-state index contributed by atoms with van der Waals surface area (Å²) in [5.41, 5.74) is 1.48. The Morgan fingerprint density at radius 3 is 2.62 bits per heavy atom. The van der Waals surface area contributed by atoms with Crippen molar-refractivity contribution in [1.82, 2.24) is 5.32 Å². The summed E-state index contributed by atoms with van der Waals surface area (Å²) in [6.45, 7) is 2.41. The summed E-state index contributed by atoms with van der Waals surface area (Å²) >= 11 is 5.87. The molecule has 2 N–H and O–H groups in total. The van der Waals surface area contributed by atoms with Crippen LogP contribution in [0.4, 0.5) is 0 Å². The molecule has 0 heterocycles. The first-order chi connectivity index (χ1) is 11.6. The van der Waals surface area contributed by atoms with Gasteiger partial charge in [0.05, 0.1) is 5.56 Å². The zero-order chi connectivity index (χ0) is 17.4. The number of ether oxygens (including phenoxy) is 1. The van der Waals surface area contributed by atoms with Crippen LogP contribution in [0.5, 0.6) is 5.75 Å². The van der Waals surface area contributed by atoms with Gasteiger partial charge < -0.3 is 15.2 Å². The SMILES string of the molecule is CC(CCCO)NC(=O)c1ccccc1OCc1ccc(Cl)cc1. The number of rotatable bonds is 8. The van der Waals surface area contributed by atoms with Crippen LogP contribution < -0.4 is 10.1 Å². The van der Waals surface area contributed by atoms with E-state index in [9.17, 15) is 4.79 Å². The number of aliphatic hydroxyl groups excluding tert-OH is 1. The zero-order valence-corrected chi connectivity index (χ0v) is 14.4. The summed E-state index contributed by atoms with van der Waals surface area (Å²) < 4.78 is 5.80. The van der Waals surface area contributed by atoms with E-state index in [1.54, 1.807) is 12.1 Å². The van der Waals surface area contributed by atoms with Gasteiger partial charge in [0.1, 0.15) is 12.4 Å². The number of benzene rings is 2. The van der Waals surface area contributed by atoms with Crippen LogP contribution in [0.25, 0.3) is 0 Å². The minimum atomic E-state index is -0.174. The van der Waals surface area contributed by atoms with Gasteiger partial charge in [0.2, 0.25) is 0 Å². The normalized spacial score (nSPS) is 11.8. The molecule has 0 saturated heterocycles. The number of carbonyl (C=O) groups excluding carboxylic acids is 1. The van der Waals surface area contributed by atoms with E-state index in [4.69, 9.17) is 21.4 Å². The Hall–Kier alpha value is -2.04. The fourth-order valence-electron chi connectivity index (χ4n) is 2.29. The molecule has 0 aromatic heterocycles. The summed E-state index contributed by atoms with van der Waals surface area (Å²) in [5.74, 6) is 0.367. The second-order valence-electron chi connectivity index (χ2n) is 5.65. The lowest BCUT2D eigenvalue weighted by Crippen LogP contribution is -2.32. The third-order valence-corrected chi connectivity index (χ3v) is 3.86. The fraction of sp³-hybridized carbons (Fsp3) is 0.316. The highest BCUT2D eigenvalue weighted by molar-refractivity contribution is 6.30. The molecule has 0 bridgehead atoms. The van der Waals surface area contributed by atoms with Gasteiger partial charge in [-0.2, -0.15) is 0 Å². The van der Waals surface area contributed by atoms with Crippen molar-refractivity contribution in [3.05, 3.63) is 64.7 Å². The van der Waals surface area contributed by atoms with E-state index in [-0.39, 0.29) is 18.6 Å². The first-order valence-electron chi connectivity index (χ1n) is 7.98. The minimum absolute atomic E-state index is 0.00558. The molecule has 2 rings (SSSR count). The molecule has 1 amide bonds. The van der Waals surface area contributed by atoms with Crippen molar-refractivity contribution in [3.8, 4) is 5.75 Å². The number of hydrogen-bond acceptors (Lipinski definition) is 3. The minimum Gasteiger partial charge on any atom is -0.488 e. The van der Waals surface area contributed by atoms with E-state index in [1.807, 2.05) is 43.3 Å². The largest absolute Gasteiger partial charge is 0.488 e. The predicted octanol–water partition coefficient (Wildman–Crippen LogP) is 3.81. The molecule has 0 fully saturated rings. The highest BCUT2D eigenvalue weighted by atomic mass is 35.5. The molecule has 24 heavy (non-hydrogen) atoms. The maximum Gasteiger partial charge on any atom is 0.255 e. The quantitative estimate of drug-likeness (QED) is 0.763. The van der Waals surface area contributed by atoms with E-state index < -0.39 is 0 Å². The third kappa shape index (κ3) is 5.55. The molecule has 4 nitrogen and oxygen atoms in total. The van der Waals surface area contributed by atoms with Crippen LogP contribution in [0.2, 0.25) is 5.02 Å². The lowest BCUT2D eigenvalue weighted by molar-refractivity contribution is 0.0932. The molecule has 0 saturated carbocycles. The molecule has 128 valence electrons. The topological polar surface area (TPSA) is 58.6 Å². The predicted molar refractivity (Wildman–Crippen MR) is 95.5 cm³/mol. The lowest BCUT2D eigenvalue weighted by atomic mass is 10.1. The van der Waals surface area contributed by atoms with Crippen molar-refractivity contribution in [3.63, 3.8) is 0 Å². The Bertz CT molecular complexity index is 658. The summed E-state index contributed by atoms with van der Waals surface area (Å²) in [5, 5.41) is 12.5. The number of aliphatic hydroxyl groups is 1. The lowest BCUT2D eigenvalue weighted by Gasteiger charge is -2.15. The van der Waals surface area contributed by atoms with Crippen LogP contribution in [0.3, 0.4) is 0 Å². The Balaban J connectivity index is 2.01. The van der Waals surface area contributed by atoms with Crippen molar-refractivity contribution in [2.45, 2.75) is 32.4 Å². The number of nitrogens with one attached hydrogen (secondary N) is 1. The van der Waals surface area contributed by atoms with Crippen molar-refractivity contribution >= 4 is 17.5 Å². The monoisotopic (exact) mass is 347 g/mol. The average molecular weight is 348 g/mol.